The molecule has 1 aliphatic carbocycles. The highest BCUT2D eigenvalue weighted by Crippen LogP contribution is 2.44. The number of rotatable bonds is 7. The van der Waals surface area contributed by atoms with Gasteiger partial charge in [-0.1, -0.05) is 19.1 Å². The summed E-state index contributed by atoms with van der Waals surface area (Å²) in [6, 6.07) is 8.16. The summed E-state index contributed by atoms with van der Waals surface area (Å²) in [5.74, 6) is 6.64. The van der Waals surface area contributed by atoms with E-state index in [1.165, 1.54) is 6.42 Å². The summed E-state index contributed by atoms with van der Waals surface area (Å²) in [6.07, 6.45) is 4.31. The standard InChI is InChI=1S/C15H24N2O2/c1-3-11-19-13-7-5-12(6-8-13)14(17-16)15(18-2)9-4-10-15/h5-8,14,17H,3-4,9-11,16H2,1-2H3. The van der Waals surface area contributed by atoms with Crippen molar-refractivity contribution >= 4 is 0 Å². The molecular formula is C15H24N2O2. The van der Waals surface area contributed by atoms with Gasteiger partial charge in [0.25, 0.3) is 0 Å². The van der Waals surface area contributed by atoms with Crippen molar-refractivity contribution in [3.8, 4) is 5.75 Å². The number of nitrogens with one attached hydrogen (secondary N) is 1. The van der Waals surface area contributed by atoms with Crippen LogP contribution in [0.5, 0.6) is 5.75 Å². The Morgan fingerprint density at radius 3 is 2.42 bits per heavy atom. The summed E-state index contributed by atoms with van der Waals surface area (Å²) >= 11 is 0. The summed E-state index contributed by atoms with van der Waals surface area (Å²) in [7, 11) is 1.77. The molecule has 1 aliphatic rings. The van der Waals surface area contributed by atoms with Crippen LogP contribution in [0.15, 0.2) is 24.3 Å². The van der Waals surface area contributed by atoms with Crippen LogP contribution in [0, 0.1) is 0 Å². The Morgan fingerprint density at radius 2 is 2.00 bits per heavy atom. The van der Waals surface area contributed by atoms with E-state index in [0.29, 0.717) is 0 Å². The predicted molar refractivity (Wildman–Crippen MR) is 75.9 cm³/mol. The van der Waals surface area contributed by atoms with Crippen LogP contribution in [0.1, 0.15) is 44.2 Å². The molecule has 3 N–H and O–H groups in total. The molecule has 106 valence electrons. The highest BCUT2D eigenvalue weighted by atomic mass is 16.5. The third-order valence-corrected chi connectivity index (χ3v) is 3.99. The zero-order valence-corrected chi connectivity index (χ0v) is 11.8. The number of hydrazine groups is 1. The van der Waals surface area contributed by atoms with Crippen LogP contribution < -0.4 is 16.0 Å². The fraction of sp³-hybridized carbons (Fsp3) is 0.600. The quantitative estimate of drug-likeness (QED) is 0.587. The Kier molecular flexibility index (Phi) is 4.80. The average Bonchev–Trinajstić information content (AvgIpc) is 2.41. The molecule has 0 saturated heterocycles. The average molecular weight is 264 g/mol. The smallest absolute Gasteiger partial charge is 0.119 e. The van der Waals surface area contributed by atoms with E-state index in [9.17, 15) is 0 Å². The maximum absolute atomic E-state index is 5.73. The molecule has 1 aromatic carbocycles. The number of hydrogen-bond acceptors (Lipinski definition) is 4. The van der Waals surface area contributed by atoms with E-state index >= 15 is 0 Å². The fourth-order valence-electron chi connectivity index (χ4n) is 2.66. The summed E-state index contributed by atoms with van der Waals surface area (Å²) in [5, 5.41) is 0. The third-order valence-electron chi connectivity index (χ3n) is 3.99. The molecule has 0 radical (unpaired) electrons. The summed E-state index contributed by atoms with van der Waals surface area (Å²) < 4.78 is 11.3. The molecule has 0 bridgehead atoms. The van der Waals surface area contributed by atoms with Gasteiger partial charge >= 0.3 is 0 Å². The van der Waals surface area contributed by atoms with Gasteiger partial charge in [-0.25, -0.2) is 0 Å². The molecule has 19 heavy (non-hydrogen) atoms. The van der Waals surface area contributed by atoms with E-state index in [0.717, 1.165) is 37.2 Å². The van der Waals surface area contributed by atoms with Crippen LogP contribution >= 0.6 is 0 Å². The number of ether oxygens (including phenoxy) is 2. The molecule has 4 nitrogen and oxygen atoms in total. The van der Waals surface area contributed by atoms with Gasteiger partial charge in [0.15, 0.2) is 0 Å². The zero-order chi connectivity index (χ0) is 13.7. The lowest BCUT2D eigenvalue weighted by atomic mass is 9.72. The lowest BCUT2D eigenvalue weighted by molar-refractivity contribution is -0.0999. The monoisotopic (exact) mass is 264 g/mol. The van der Waals surface area contributed by atoms with Gasteiger partial charge in [0.05, 0.1) is 18.2 Å². The van der Waals surface area contributed by atoms with Gasteiger partial charge in [0, 0.05) is 7.11 Å². The minimum Gasteiger partial charge on any atom is -0.494 e. The molecule has 2 rings (SSSR count). The fourth-order valence-corrected chi connectivity index (χ4v) is 2.66. The second kappa shape index (κ2) is 6.37. The number of benzene rings is 1. The molecule has 1 aromatic rings. The minimum absolute atomic E-state index is 0.0338. The molecule has 4 heteroatoms. The van der Waals surface area contributed by atoms with Crippen molar-refractivity contribution < 1.29 is 9.47 Å². The molecule has 1 saturated carbocycles. The maximum Gasteiger partial charge on any atom is 0.119 e. The van der Waals surface area contributed by atoms with Crippen LogP contribution in [0.25, 0.3) is 0 Å². The second-order valence-corrected chi connectivity index (χ2v) is 5.14. The summed E-state index contributed by atoms with van der Waals surface area (Å²) in [5.41, 5.74) is 3.90. The lowest BCUT2D eigenvalue weighted by Crippen LogP contribution is -2.52. The minimum atomic E-state index is -0.152. The van der Waals surface area contributed by atoms with Crippen molar-refractivity contribution in [3.05, 3.63) is 29.8 Å². The van der Waals surface area contributed by atoms with Crippen LogP contribution in [0.3, 0.4) is 0 Å². The first-order valence-corrected chi connectivity index (χ1v) is 7.00. The van der Waals surface area contributed by atoms with Crippen molar-refractivity contribution in [1.82, 2.24) is 5.43 Å². The van der Waals surface area contributed by atoms with Crippen molar-refractivity contribution in [3.63, 3.8) is 0 Å². The molecular weight excluding hydrogens is 240 g/mol. The number of methoxy groups -OCH3 is 1. The predicted octanol–water partition coefficient (Wildman–Crippen LogP) is 2.55. The zero-order valence-electron chi connectivity index (χ0n) is 11.8. The lowest BCUT2D eigenvalue weighted by Gasteiger charge is -2.46. The molecule has 0 heterocycles. The van der Waals surface area contributed by atoms with E-state index in [4.69, 9.17) is 15.3 Å². The molecule has 1 fully saturated rings. The van der Waals surface area contributed by atoms with Gasteiger partial charge in [-0.05, 0) is 43.4 Å². The third kappa shape index (κ3) is 2.91. The van der Waals surface area contributed by atoms with Crippen LogP contribution in [0.2, 0.25) is 0 Å². The Labute approximate surface area is 115 Å². The van der Waals surface area contributed by atoms with Gasteiger partial charge in [-0.2, -0.15) is 0 Å². The maximum atomic E-state index is 5.73. The molecule has 1 unspecified atom stereocenters. The van der Waals surface area contributed by atoms with E-state index in [-0.39, 0.29) is 11.6 Å². The second-order valence-electron chi connectivity index (χ2n) is 5.14. The Morgan fingerprint density at radius 1 is 1.32 bits per heavy atom. The number of hydrogen-bond donors (Lipinski definition) is 2. The van der Waals surface area contributed by atoms with E-state index < -0.39 is 0 Å². The van der Waals surface area contributed by atoms with Gasteiger partial charge < -0.3 is 9.47 Å². The van der Waals surface area contributed by atoms with E-state index in [1.807, 2.05) is 12.1 Å². The first-order valence-electron chi connectivity index (χ1n) is 7.00. The van der Waals surface area contributed by atoms with Crippen LogP contribution in [-0.4, -0.2) is 19.3 Å². The van der Waals surface area contributed by atoms with Crippen molar-refractivity contribution in [2.24, 2.45) is 5.84 Å². The molecule has 0 spiro atoms. The van der Waals surface area contributed by atoms with Crippen molar-refractivity contribution in [1.29, 1.82) is 0 Å². The molecule has 0 aliphatic heterocycles. The van der Waals surface area contributed by atoms with Gasteiger partial charge in [-0.15, -0.1) is 0 Å². The SMILES string of the molecule is CCCOc1ccc(C(NN)C2(OC)CCC2)cc1. The molecule has 0 amide bonds. The number of nitrogens with two attached hydrogens (primary N) is 1. The van der Waals surface area contributed by atoms with Crippen molar-refractivity contribution in [2.75, 3.05) is 13.7 Å². The summed E-state index contributed by atoms with van der Waals surface area (Å²) in [6.45, 7) is 2.85. The first kappa shape index (κ1) is 14.3. The van der Waals surface area contributed by atoms with Gasteiger partial charge in [0.2, 0.25) is 0 Å². The van der Waals surface area contributed by atoms with Crippen LogP contribution in [0.4, 0.5) is 0 Å². The highest BCUT2D eigenvalue weighted by Gasteiger charge is 2.44. The molecule has 1 atom stereocenters. The normalized spacial score (nSPS) is 18.7. The Bertz CT molecular complexity index is 382. The van der Waals surface area contributed by atoms with E-state index in [1.54, 1.807) is 7.11 Å². The van der Waals surface area contributed by atoms with Gasteiger partial charge in [-0.3, -0.25) is 11.3 Å². The summed E-state index contributed by atoms with van der Waals surface area (Å²) in [4.78, 5) is 0. The van der Waals surface area contributed by atoms with Gasteiger partial charge in [0.1, 0.15) is 5.75 Å². The highest BCUT2D eigenvalue weighted by molar-refractivity contribution is 5.31. The molecule has 0 aromatic heterocycles. The van der Waals surface area contributed by atoms with Crippen molar-refractivity contribution in [2.45, 2.75) is 44.2 Å². The first-order chi connectivity index (χ1) is 9.25. The van der Waals surface area contributed by atoms with E-state index in [2.05, 4.69) is 24.5 Å². The topological polar surface area (TPSA) is 56.5 Å². The largest absolute Gasteiger partial charge is 0.494 e. The Balaban J connectivity index is 2.10. The van der Waals surface area contributed by atoms with Crippen LogP contribution in [-0.2, 0) is 4.74 Å². The Hall–Kier alpha value is -1.10.